The average molecular weight is 241 g/mol. The summed E-state index contributed by atoms with van der Waals surface area (Å²) < 4.78 is 5.23. The minimum absolute atomic E-state index is 0.637. The number of methoxy groups -OCH3 is 1. The molecule has 0 amide bonds. The fourth-order valence-electron chi connectivity index (χ4n) is 1.32. The minimum atomic E-state index is 0.637. The summed E-state index contributed by atoms with van der Waals surface area (Å²) in [7, 11) is 1.61. The van der Waals surface area contributed by atoms with Crippen molar-refractivity contribution in [2.45, 2.75) is 0 Å². The Morgan fingerprint density at radius 2 is 2.27 bits per heavy atom. The molecule has 0 atom stereocenters. The Labute approximate surface area is 96.5 Å². The molecule has 1 aromatic heterocycles. The highest BCUT2D eigenvalue weighted by atomic mass is 35.5. The quantitative estimate of drug-likeness (QED) is 0.878. The van der Waals surface area contributed by atoms with Gasteiger partial charge in [0, 0.05) is 10.6 Å². The molecule has 1 aromatic carbocycles. The van der Waals surface area contributed by atoms with Crippen LogP contribution in [0.25, 0.3) is 11.3 Å². The summed E-state index contributed by atoms with van der Waals surface area (Å²) in [5, 5.41) is 1.30. The number of aromatic nitrogens is 1. The predicted octanol–water partition coefficient (Wildman–Crippen LogP) is 3.05. The number of hydrogen-bond donors (Lipinski definition) is 1. The van der Waals surface area contributed by atoms with E-state index in [0.29, 0.717) is 10.0 Å². The number of thiazole rings is 1. The molecule has 0 spiro atoms. The lowest BCUT2D eigenvalue weighted by atomic mass is 10.1. The molecule has 0 aliphatic heterocycles. The van der Waals surface area contributed by atoms with Gasteiger partial charge in [0.05, 0.1) is 12.6 Å². The Balaban J connectivity index is 2.60. The zero-order valence-electron chi connectivity index (χ0n) is 8.03. The van der Waals surface area contributed by atoms with E-state index in [-0.39, 0.29) is 0 Å². The van der Waals surface area contributed by atoms with Gasteiger partial charge in [0.15, 0.2) is 0 Å². The topological polar surface area (TPSA) is 48.1 Å². The maximum atomic E-state index is 5.92. The Morgan fingerprint density at radius 3 is 2.87 bits per heavy atom. The number of nitrogen functional groups attached to an aromatic ring is 1. The normalized spacial score (nSPS) is 10.3. The summed E-state index contributed by atoms with van der Waals surface area (Å²) in [6, 6.07) is 5.37. The van der Waals surface area contributed by atoms with E-state index in [0.717, 1.165) is 17.0 Å². The second-order valence-electron chi connectivity index (χ2n) is 2.91. The molecular formula is C10H9ClN2OS. The number of ether oxygens (including phenoxy) is 1. The van der Waals surface area contributed by atoms with Crippen LogP contribution >= 0.6 is 22.9 Å². The Bertz CT molecular complexity index is 484. The summed E-state index contributed by atoms with van der Waals surface area (Å²) >= 11 is 7.31. The van der Waals surface area contributed by atoms with Gasteiger partial charge in [-0.2, -0.15) is 0 Å². The van der Waals surface area contributed by atoms with Gasteiger partial charge in [0.25, 0.3) is 0 Å². The summed E-state index contributed by atoms with van der Waals surface area (Å²) in [6.07, 6.45) is 0. The highest BCUT2D eigenvalue weighted by molar-refractivity contribution is 7.14. The lowest BCUT2D eigenvalue weighted by Crippen LogP contribution is -1.91. The Kier molecular flexibility index (Phi) is 2.79. The third kappa shape index (κ3) is 1.91. The molecule has 0 bridgehead atoms. The first-order valence-corrected chi connectivity index (χ1v) is 5.51. The molecule has 0 aliphatic carbocycles. The van der Waals surface area contributed by atoms with Crippen LogP contribution in [0.1, 0.15) is 0 Å². The maximum Gasteiger partial charge on any atom is 0.128 e. The van der Waals surface area contributed by atoms with Crippen LogP contribution in [0.2, 0.25) is 5.02 Å². The molecule has 2 aromatic rings. The Hall–Kier alpha value is -1.26. The molecule has 0 unspecified atom stereocenters. The molecule has 0 radical (unpaired) electrons. The smallest absolute Gasteiger partial charge is 0.128 e. The van der Waals surface area contributed by atoms with E-state index in [4.69, 9.17) is 22.1 Å². The summed E-state index contributed by atoms with van der Waals surface area (Å²) in [6.45, 7) is 0. The van der Waals surface area contributed by atoms with Gasteiger partial charge >= 0.3 is 0 Å². The molecule has 3 nitrogen and oxygen atoms in total. The van der Waals surface area contributed by atoms with E-state index >= 15 is 0 Å². The van der Waals surface area contributed by atoms with Gasteiger partial charge in [-0.15, -0.1) is 11.3 Å². The van der Waals surface area contributed by atoms with Gasteiger partial charge in [-0.25, -0.2) is 4.98 Å². The van der Waals surface area contributed by atoms with E-state index in [1.807, 2.05) is 0 Å². The first-order chi connectivity index (χ1) is 7.22. The molecule has 78 valence electrons. The van der Waals surface area contributed by atoms with Crippen LogP contribution in [0.3, 0.4) is 0 Å². The lowest BCUT2D eigenvalue weighted by Gasteiger charge is -2.07. The maximum absolute atomic E-state index is 5.92. The van der Waals surface area contributed by atoms with Crippen LogP contribution in [-0.4, -0.2) is 12.1 Å². The third-order valence-corrected chi connectivity index (χ3v) is 2.90. The van der Waals surface area contributed by atoms with Crippen molar-refractivity contribution in [1.29, 1.82) is 0 Å². The van der Waals surface area contributed by atoms with Crippen molar-refractivity contribution in [2.75, 3.05) is 12.8 Å². The van der Waals surface area contributed by atoms with E-state index in [1.54, 1.807) is 30.8 Å². The van der Waals surface area contributed by atoms with Crippen molar-refractivity contribution < 1.29 is 4.74 Å². The molecule has 2 rings (SSSR count). The van der Waals surface area contributed by atoms with Gasteiger partial charge in [0.1, 0.15) is 16.4 Å². The van der Waals surface area contributed by atoms with Crippen LogP contribution in [0.5, 0.6) is 5.75 Å². The largest absolute Gasteiger partial charge is 0.496 e. The first kappa shape index (κ1) is 10.3. The number of halogens is 1. The lowest BCUT2D eigenvalue weighted by molar-refractivity contribution is 0.416. The standard InChI is InChI=1S/C10H9ClN2OS/c1-14-8-3-2-6(11)4-7(8)9-10(12)15-5-13-9/h2-5H,12H2,1H3. The van der Waals surface area contributed by atoms with Crippen LogP contribution in [-0.2, 0) is 0 Å². The summed E-state index contributed by atoms with van der Waals surface area (Å²) in [5.74, 6) is 0.719. The zero-order chi connectivity index (χ0) is 10.8. The fraction of sp³-hybridized carbons (Fsp3) is 0.100. The molecule has 0 aliphatic rings. The molecule has 0 saturated heterocycles. The summed E-state index contributed by atoms with van der Waals surface area (Å²) in [5.41, 5.74) is 9.05. The Morgan fingerprint density at radius 1 is 1.47 bits per heavy atom. The molecule has 2 N–H and O–H groups in total. The van der Waals surface area contributed by atoms with Crippen molar-refractivity contribution in [2.24, 2.45) is 0 Å². The van der Waals surface area contributed by atoms with Gasteiger partial charge in [-0.1, -0.05) is 11.6 Å². The first-order valence-electron chi connectivity index (χ1n) is 4.25. The monoisotopic (exact) mass is 240 g/mol. The molecule has 5 heteroatoms. The number of hydrogen-bond acceptors (Lipinski definition) is 4. The number of benzene rings is 1. The number of nitrogens with zero attached hydrogens (tertiary/aromatic N) is 1. The van der Waals surface area contributed by atoms with Gasteiger partial charge < -0.3 is 10.5 Å². The molecule has 15 heavy (non-hydrogen) atoms. The fourth-order valence-corrected chi connectivity index (χ4v) is 2.04. The predicted molar refractivity (Wildman–Crippen MR) is 63.5 cm³/mol. The highest BCUT2D eigenvalue weighted by Gasteiger charge is 2.11. The molecule has 0 saturated carbocycles. The van der Waals surface area contributed by atoms with E-state index in [9.17, 15) is 0 Å². The third-order valence-electron chi connectivity index (χ3n) is 2.01. The highest BCUT2D eigenvalue weighted by Crippen LogP contribution is 2.36. The summed E-state index contributed by atoms with van der Waals surface area (Å²) in [4.78, 5) is 4.19. The van der Waals surface area contributed by atoms with E-state index in [1.165, 1.54) is 11.3 Å². The van der Waals surface area contributed by atoms with Crippen LogP contribution in [0.15, 0.2) is 23.7 Å². The number of rotatable bonds is 2. The van der Waals surface area contributed by atoms with Crippen molar-refractivity contribution >= 4 is 27.9 Å². The van der Waals surface area contributed by atoms with Crippen LogP contribution < -0.4 is 10.5 Å². The van der Waals surface area contributed by atoms with Crippen LogP contribution in [0, 0.1) is 0 Å². The van der Waals surface area contributed by atoms with Crippen molar-refractivity contribution in [3.8, 4) is 17.0 Å². The van der Waals surface area contributed by atoms with Gasteiger partial charge in [-0.3, -0.25) is 0 Å². The SMILES string of the molecule is COc1ccc(Cl)cc1-c1ncsc1N. The molecule has 1 heterocycles. The van der Waals surface area contributed by atoms with Gasteiger partial charge in [0.2, 0.25) is 0 Å². The minimum Gasteiger partial charge on any atom is -0.496 e. The number of nitrogens with two attached hydrogens (primary N) is 1. The second kappa shape index (κ2) is 4.08. The zero-order valence-corrected chi connectivity index (χ0v) is 9.60. The van der Waals surface area contributed by atoms with E-state index in [2.05, 4.69) is 4.98 Å². The van der Waals surface area contributed by atoms with Crippen molar-refractivity contribution in [1.82, 2.24) is 4.98 Å². The number of anilines is 1. The van der Waals surface area contributed by atoms with Gasteiger partial charge in [-0.05, 0) is 18.2 Å². The average Bonchev–Trinajstić information content (AvgIpc) is 2.64. The second-order valence-corrected chi connectivity index (χ2v) is 4.23. The molecular weight excluding hydrogens is 232 g/mol. The van der Waals surface area contributed by atoms with Crippen molar-refractivity contribution in [3.63, 3.8) is 0 Å². The molecule has 0 fully saturated rings. The van der Waals surface area contributed by atoms with Crippen molar-refractivity contribution in [3.05, 3.63) is 28.7 Å². The van der Waals surface area contributed by atoms with E-state index < -0.39 is 0 Å². The van der Waals surface area contributed by atoms with Crippen LogP contribution in [0.4, 0.5) is 5.00 Å².